The molecule has 2 aromatic rings. The third kappa shape index (κ3) is 3.76. The van der Waals surface area contributed by atoms with Gasteiger partial charge in [0, 0.05) is 23.6 Å². The molecule has 2 fully saturated rings. The number of likely N-dealkylation sites (tertiary alicyclic amines) is 1. The summed E-state index contributed by atoms with van der Waals surface area (Å²) in [5, 5.41) is 11.4. The summed E-state index contributed by atoms with van der Waals surface area (Å²) in [4.78, 5) is 15.3. The van der Waals surface area contributed by atoms with E-state index in [-0.39, 0.29) is 23.7 Å². The van der Waals surface area contributed by atoms with Gasteiger partial charge in [0.25, 0.3) is 5.91 Å². The van der Waals surface area contributed by atoms with Crippen LogP contribution in [0.25, 0.3) is 0 Å². The van der Waals surface area contributed by atoms with E-state index in [1.165, 1.54) is 24.3 Å². The second-order valence-electron chi connectivity index (χ2n) is 8.13. The summed E-state index contributed by atoms with van der Waals surface area (Å²) >= 11 is 0. The second-order valence-corrected chi connectivity index (χ2v) is 8.13. The Labute approximate surface area is 171 Å². The van der Waals surface area contributed by atoms with E-state index in [2.05, 4.69) is 0 Å². The summed E-state index contributed by atoms with van der Waals surface area (Å²) in [7, 11) is 0. The van der Waals surface area contributed by atoms with Crippen molar-refractivity contribution in [3.63, 3.8) is 0 Å². The Morgan fingerprint density at radius 1 is 1.17 bits per heavy atom. The van der Waals surface area contributed by atoms with Crippen LogP contribution in [0, 0.1) is 11.7 Å². The highest BCUT2D eigenvalue weighted by Gasteiger charge is 2.50. The zero-order chi connectivity index (χ0) is 20.4. The number of para-hydroxylation sites is 1. The van der Waals surface area contributed by atoms with Crippen LogP contribution >= 0.6 is 0 Å². The molecule has 0 radical (unpaired) electrons. The molecule has 1 saturated carbocycles. The summed E-state index contributed by atoms with van der Waals surface area (Å²) in [5.74, 6) is 0.219. The Morgan fingerprint density at radius 3 is 2.69 bits per heavy atom. The standard InChI is InChI=1S/C24H28FNO3/c1-2-29-21-9-4-3-7-19(21)22-20-8-5-6-14-24(20,28)15-16-26(22)23(27)17-10-12-18(25)13-11-17/h3-4,7,9-13,20,22,28H,2,5-6,8,14-16H2,1H3/t20-,22-,24+/m1/s1. The fourth-order valence-corrected chi connectivity index (χ4v) is 5.06. The van der Waals surface area contributed by atoms with Crippen molar-refractivity contribution < 1.29 is 19.0 Å². The highest BCUT2D eigenvalue weighted by atomic mass is 19.1. The van der Waals surface area contributed by atoms with Crippen molar-refractivity contribution in [2.24, 2.45) is 5.92 Å². The molecule has 4 rings (SSSR count). The van der Waals surface area contributed by atoms with Crippen molar-refractivity contribution in [1.82, 2.24) is 4.90 Å². The average molecular weight is 397 g/mol. The maximum absolute atomic E-state index is 13.4. The summed E-state index contributed by atoms with van der Waals surface area (Å²) < 4.78 is 19.3. The van der Waals surface area contributed by atoms with Crippen molar-refractivity contribution in [3.8, 4) is 5.75 Å². The number of carbonyl (C=O) groups excluding carboxylic acids is 1. The third-order valence-electron chi connectivity index (χ3n) is 6.46. The predicted molar refractivity (Wildman–Crippen MR) is 109 cm³/mol. The van der Waals surface area contributed by atoms with Gasteiger partial charge in [-0.05, 0) is 56.5 Å². The molecule has 0 unspecified atom stereocenters. The van der Waals surface area contributed by atoms with E-state index in [0.29, 0.717) is 25.1 Å². The van der Waals surface area contributed by atoms with Gasteiger partial charge in [-0.1, -0.05) is 31.0 Å². The van der Waals surface area contributed by atoms with E-state index < -0.39 is 5.60 Å². The Hall–Kier alpha value is -2.40. The van der Waals surface area contributed by atoms with E-state index in [1.54, 1.807) is 0 Å². The minimum atomic E-state index is -0.762. The SMILES string of the molecule is CCOc1ccccc1[C@@H]1[C@H]2CCCC[C@]2(O)CCN1C(=O)c1ccc(F)cc1. The van der Waals surface area contributed by atoms with E-state index in [4.69, 9.17) is 4.74 Å². The zero-order valence-electron chi connectivity index (χ0n) is 16.8. The molecule has 0 spiro atoms. The molecule has 4 nitrogen and oxygen atoms in total. The molecule has 1 saturated heterocycles. The molecule has 1 heterocycles. The summed E-state index contributed by atoms with van der Waals surface area (Å²) in [6, 6.07) is 13.2. The normalized spacial score (nSPS) is 26.7. The first-order chi connectivity index (χ1) is 14.0. The van der Waals surface area contributed by atoms with E-state index >= 15 is 0 Å². The van der Waals surface area contributed by atoms with Crippen molar-refractivity contribution in [2.75, 3.05) is 13.2 Å². The number of amides is 1. The molecule has 3 atom stereocenters. The van der Waals surface area contributed by atoms with Crippen LogP contribution in [-0.2, 0) is 0 Å². The zero-order valence-corrected chi connectivity index (χ0v) is 16.8. The number of ether oxygens (including phenoxy) is 1. The van der Waals surface area contributed by atoms with Crippen LogP contribution in [0.4, 0.5) is 4.39 Å². The molecule has 2 aliphatic rings. The van der Waals surface area contributed by atoms with Crippen LogP contribution in [0.15, 0.2) is 48.5 Å². The lowest BCUT2D eigenvalue weighted by molar-refractivity contribution is -0.115. The number of halogens is 1. The van der Waals surface area contributed by atoms with Gasteiger partial charge in [0.2, 0.25) is 0 Å². The Bertz CT molecular complexity index is 869. The van der Waals surface area contributed by atoms with Gasteiger partial charge >= 0.3 is 0 Å². The number of rotatable bonds is 4. The second kappa shape index (κ2) is 8.15. The Balaban J connectivity index is 1.77. The maximum atomic E-state index is 13.4. The van der Waals surface area contributed by atoms with Gasteiger partial charge in [-0.2, -0.15) is 0 Å². The summed E-state index contributed by atoms with van der Waals surface area (Å²) in [6.45, 7) is 2.94. The fraction of sp³-hybridized carbons (Fsp3) is 0.458. The number of hydrogen-bond acceptors (Lipinski definition) is 3. The van der Waals surface area contributed by atoms with Crippen LogP contribution in [0.3, 0.4) is 0 Å². The number of fused-ring (bicyclic) bond motifs is 1. The molecule has 5 heteroatoms. The molecule has 1 aliphatic heterocycles. The molecule has 0 bridgehead atoms. The Morgan fingerprint density at radius 2 is 1.93 bits per heavy atom. The van der Waals surface area contributed by atoms with Crippen LogP contribution in [-0.4, -0.2) is 34.7 Å². The van der Waals surface area contributed by atoms with Gasteiger partial charge in [0.1, 0.15) is 11.6 Å². The molecule has 1 aliphatic carbocycles. The molecule has 154 valence electrons. The van der Waals surface area contributed by atoms with E-state index in [1.807, 2.05) is 36.1 Å². The highest BCUT2D eigenvalue weighted by Crippen LogP contribution is 2.51. The number of nitrogens with zero attached hydrogens (tertiary/aromatic N) is 1. The van der Waals surface area contributed by atoms with Crippen molar-refractivity contribution in [3.05, 3.63) is 65.5 Å². The molecule has 0 aromatic heterocycles. The van der Waals surface area contributed by atoms with Crippen LogP contribution in [0.5, 0.6) is 5.75 Å². The molecule has 2 aromatic carbocycles. The fourth-order valence-electron chi connectivity index (χ4n) is 5.06. The smallest absolute Gasteiger partial charge is 0.254 e. The lowest BCUT2D eigenvalue weighted by Gasteiger charge is -2.52. The van der Waals surface area contributed by atoms with Gasteiger partial charge in [-0.25, -0.2) is 4.39 Å². The van der Waals surface area contributed by atoms with Crippen molar-refractivity contribution >= 4 is 5.91 Å². The number of hydrogen-bond donors (Lipinski definition) is 1. The topological polar surface area (TPSA) is 49.8 Å². The molecular weight excluding hydrogens is 369 g/mol. The monoisotopic (exact) mass is 397 g/mol. The Kier molecular flexibility index (Phi) is 5.59. The van der Waals surface area contributed by atoms with Gasteiger partial charge in [-0.3, -0.25) is 4.79 Å². The maximum Gasteiger partial charge on any atom is 0.254 e. The largest absolute Gasteiger partial charge is 0.494 e. The highest BCUT2D eigenvalue weighted by molar-refractivity contribution is 5.94. The van der Waals surface area contributed by atoms with Crippen LogP contribution in [0.2, 0.25) is 0 Å². The van der Waals surface area contributed by atoms with Gasteiger partial charge in [0.05, 0.1) is 18.2 Å². The predicted octanol–water partition coefficient (Wildman–Crippen LogP) is 4.73. The molecule has 29 heavy (non-hydrogen) atoms. The van der Waals surface area contributed by atoms with Crippen LogP contribution in [0.1, 0.15) is 61.0 Å². The number of carbonyl (C=O) groups is 1. The van der Waals surface area contributed by atoms with Gasteiger partial charge in [0.15, 0.2) is 0 Å². The first-order valence-corrected chi connectivity index (χ1v) is 10.5. The molecule has 1 N–H and O–H groups in total. The molecule has 1 amide bonds. The van der Waals surface area contributed by atoms with E-state index in [0.717, 1.165) is 37.0 Å². The first kappa shape index (κ1) is 19.9. The van der Waals surface area contributed by atoms with E-state index in [9.17, 15) is 14.3 Å². The summed E-state index contributed by atoms with van der Waals surface area (Å²) in [5.41, 5.74) is 0.642. The van der Waals surface area contributed by atoms with Crippen molar-refractivity contribution in [1.29, 1.82) is 0 Å². The quantitative estimate of drug-likeness (QED) is 0.811. The third-order valence-corrected chi connectivity index (χ3v) is 6.46. The lowest BCUT2D eigenvalue weighted by Crippen LogP contribution is -2.56. The van der Waals surface area contributed by atoms with Crippen LogP contribution < -0.4 is 4.74 Å². The average Bonchev–Trinajstić information content (AvgIpc) is 2.73. The van der Waals surface area contributed by atoms with Gasteiger partial charge < -0.3 is 14.7 Å². The summed E-state index contributed by atoms with van der Waals surface area (Å²) in [6.07, 6.45) is 4.26. The minimum absolute atomic E-state index is 0.0454. The molecular formula is C24H28FNO3. The van der Waals surface area contributed by atoms with Crippen molar-refractivity contribution in [2.45, 2.75) is 50.7 Å². The first-order valence-electron chi connectivity index (χ1n) is 10.5. The lowest BCUT2D eigenvalue weighted by atomic mass is 9.66. The van der Waals surface area contributed by atoms with Gasteiger partial charge in [-0.15, -0.1) is 0 Å². The number of piperidine rings is 1. The number of benzene rings is 2. The minimum Gasteiger partial charge on any atom is -0.494 e. The number of aliphatic hydroxyl groups is 1.